The standard InChI is InChI=1S/C24H23N3O3/c1-17-6-10-19(24(29)25-2)15-22(17)27-23(28)13-9-18-7-11-21(12-8-18)30-16-20-5-3-4-14-26-20/h3-15H,16H2,1-2H3,(H,25,29)(H,27,28)/b13-9+. The number of ether oxygens (including phenoxy) is 1. The van der Waals surface area contributed by atoms with Crippen LogP contribution in [0.4, 0.5) is 5.69 Å². The molecule has 0 bridgehead atoms. The van der Waals surface area contributed by atoms with E-state index in [9.17, 15) is 9.59 Å². The minimum atomic E-state index is -0.275. The van der Waals surface area contributed by atoms with Gasteiger partial charge < -0.3 is 15.4 Å². The van der Waals surface area contributed by atoms with E-state index in [-0.39, 0.29) is 11.8 Å². The Morgan fingerprint density at radius 2 is 1.87 bits per heavy atom. The summed E-state index contributed by atoms with van der Waals surface area (Å²) in [6.45, 7) is 2.27. The fourth-order valence-corrected chi connectivity index (χ4v) is 2.70. The number of hydrogen-bond donors (Lipinski definition) is 2. The molecule has 0 saturated carbocycles. The molecule has 6 heteroatoms. The number of amides is 2. The number of nitrogens with one attached hydrogen (secondary N) is 2. The molecular formula is C24H23N3O3. The van der Waals surface area contributed by atoms with E-state index in [0.717, 1.165) is 22.6 Å². The van der Waals surface area contributed by atoms with Crippen LogP contribution in [0.2, 0.25) is 0 Å². The first-order valence-electron chi connectivity index (χ1n) is 9.50. The first-order chi connectivity index (χ1) is 14.5. The number of hydrogen-bond acceptors (Lipinski definition) is 4. The molecule has 2 amide bonds. The highest BCUT2D eigenvalue weighted by molar-refractivity contribution is 6.03. The van der Waals surface area contributed by atoms with E-state index < -0.39 is 0 Å². The molecule has 0 spiro atoms. The summed E-state index contributed by atoms with van der Waals surface area (Å²) in [4.78, 5) is 28.3. The van der Waals surface area contributed by atoms with E-state index >= 15 is 0 Å². The fourth-order valence-electron chi connectivity index (χ4n) is 2.70. The number of pyridine rings is 1. The SMILES string of the molecule is CNC(=O)c1ccc(C)c(NC(=O)/C=C/c2ccc(OCc3ccccn3)cc2)c1. The number of carbonyl (C=O) groups excluding carboxylic acids is 2. The third-order valence-corrected chi connectivity index (χ3v) is 4.40. The average Bonchev–Trinajstić information content (AvgIpc) is 2.78. The molecule has 3 aromatic rings. The highest BCUT2D eigenvalue weighted by Crippen LogP contribution is 2.18. The summed E-state index contributed by atoms with van der Waals surface area (Å²) in [7, 11) is 1.57. The number of rotatable bonds is 7. The van der Waals surface area contributed by atoms with E-state index in [1.165, 1.54) is 6.08 Å². The number of anilines is 1. The minimum Gasteiger partial charge on any atom is -0.487 e. The Bertz CT molecular complexity index is 1050. The molecule has 3 rings (SSSR count). The summed E-state index contributed by atoms with van der Waals surface area (Å²) in [5.74, 6) is 0.248. The number of carbonyl (C=O) groups is 2. The molecule has 2 N–H and O–H groups in total. The molecule has 1 aromatic heterocycles. The lowest BCUT2D eigenvalue weighted by Gasteiger charge is -2.09. The zero-order valence-electron chi connectivity index (χ0n) is 16.9. The number of benzene rings is 2. The van der Waals surface area contributed by atoms with Gasteiger partial charge in [0.15, 0.2) is 0 Å². The van der Waals surface area contributed by atoms with Gasteiger partial charge in [-0.15, -0.1) is 0 Å². The Balaban J connectivity index is 1.58. The van der Waals surface area contributed by atoms with Gasteiger partial charge in [0.25, 0.3) is 5.91 Å². The molecule has 0 aliphatic heterocycles. The van der Waals surface area contributed by atoms with Crippen LogP contribution in [0.5, 0.6) is 5.75 Å². The Labute approximate surface area is 175 Å². The second-order valence-electron chi connectivity index (χ2n) is 6.61. The van der Waals surface area contributed by atoms with Crippen molar-refractivity contribution in [2.45, 2.75) is 13.5 Å². The molecule has 0 atom stereocenters. The lowest BCUT2D eigenvalue weighted by Crippen LogP contribution is -2.18. The van der Waals surface area contributed by atoms with Gasteiger partial charge in [-0.25, -0.2) is 0 Å². The maximum Gasteiger partial charge on any atom is 0.251 e. The van der Waals surface area contributed by atoms with Gasteiger partial charge in [-0.1, -0.05) is 24.3 Å². The van der Waals surface area contributed by atoms with E-state index in [2.05, 4.69) is 15.6 Å². The number of aryl methyl sites for hydroxylation is 1. The predicted octanol–water partition coefficient (Wildman–Crippen LogP) is 3.98. The van der Waals surface area contributed by atoms with E-state index in [0.29, 0.717) is 17.9 Å². The third kappa shape index (κ3) is 5.78. The Morgan fingerprint density at radius 1 is 1.07 bits per heavy atom. The van der Waals surface area contributed by atoms with Gasteiger partial charge in [-0.3, -0.25) is 14.6 Å². The van der Waals surface area contributed by atoms with Crippen LogP contribution in [0.25, 0.3) is 6.08 Å². The highest BCUT2D eigenvalue weighted by atomic mass is 16.5. The van der Waals surface area contributed by atoms with Crippen molar-refractivity contribution in [3.8, 4) is 5.75 Å². The predicted molar refractivity (Wildman–Crippen MR) is 117 cm³/mol. The van der Waals surface area contributed by atoms with Crippen LogP contribution in [-0.4, -0.2) is 23.8 Å². The fraction of sp³-hybridized carbons (Fsp3) is 0.125. The topological polar surface area (TPSA) is 80.3 Å². The second-order valence-corrected chi connectivity index (χ2v) is 6.61. The molecular weight excluding hydrogens is 378 g/mol. The average molecular weight is 401 g/mol. The molecule has 6 nitrogen and oxygen atoms in total. The lowest BCUT2D eigenvalue weighted by atomic mass is 10.1. The molecule has 1 heterocycles. The summed E-state index contributed by atoms with van der Waals surface area (Å²) < 4.78 is 5.71. The Morgan fingerprint density at radius 3 is 2.57 bits per heavy atom. The first kappa shape index (κ1) is 20.8. The van der Waals surface area contributed by atoms with Crippen LogP contribution in [0.3, 0.4) is 0 Å². The van der Waals surface area contributed by atoms with Crippen molar-refractivity contribution in [2.75, 3.05) is 12.4 Å². The van der Waals surface area contributed by atoms with Crippen LogP contribution in [0, 0.1) is 6.92 Å². The molecule has 2 aromatic carbocycles. The summed E-state index contributed by atoms with van der Waals surface area (Å²) in [5.41, 5.74) is 3.69. The molecule has 0 aliphatic carbocycles. The number of aromatic nitrogens is 1. The second kappa shape index (κ2) is 10.0. The lowest BCUT2D eigenvalue weighted by molar-refractivity contribution is -0.111. The van der Waals surface area contributed by atoms with Crippen LogP contribution in [0.15, 0.2) is 72.9 Å². The molecule has 0 saturated heterocycles. The van der Waals surface area contributed by atoms with E-state index in [1.54, 1.807) is 37.5 Å². The van der Waals surface area contributed by atoms with Gasteiger partial charge in [-0.05, 0) is 60.5 Å². The van der Waals surface area contributed by atoms with Crippen LogP contribution in [-0.2, 0) is 11.4 Å². The van der Waals surface area contributed by atoms with Gasteiger partial charge >= 0.3 is 0 Å². The van der Waals surface area contributed by atoms with Crippen molar-refractivity contribution in [2.24, 2.45) is 0 Å². The normalized spacial score (nSPS) is 10.6. The highest BCUT2D eigenvalue weighted by Gasteiger charge is 2.08. The van der Waals surface area contributed by atoms with Crippen molar-refractivity contribution >= 4 is 23.6 Å². The molecule has 152 valence electrons. The number of nitrogens with zero attached hydrogens (tertiary/aromatic N) is 1. The Kier molecular flexibility index (Phi) is 6.95. The quantitative estimate of drug-likeness (QED) is 0.587. The molecule has 30 heavy (non-hydrogen) atoms. The van der Waals surface area contributed by atoms with E-state index in [4.69, 9.17) is 4.74 Å². The van der Waals surface area contributed by atoms with Crippen LogP contribution in [0.1, 0.15) is 27.2 Å². The first-order valence-corrected chi connectivity index (χ1v) is 9.50. The summed E-state index contributed by atoms with van der Waals surface area (Å²) >= 11 is 0. The van der Waals surface area contributed by atoms with Crippen molar-refractivity contribution in [3.05, 3.63) is 95.3 Å². The van der Waals surface area contributed by atoms with Gasteiger partial charge in [-0.2, -0.15) is 0 Å². The largest absolute Gasteiger partial charge is 0.487 e. The summed E-state index contributed by atoms with van der Waals surface area (Å²) in [6, 6.07) is 18.3. The van der Waals surface area contributed by atoms with Gasteiger partial charge in [0.2, 0.25) is 5.91 Å². The van der Waals surface area contributed by atoms with Gasteiger partial charge in [0.05, 0.1) is 5.69 Å². The maximum absolute atomic E-state index is 12.3. The van der Waals surface area contributed by atoms with Gasteiger partial charge in [0.1, 0.15) is 12.4 Å². The van der Waals surface area contributed by atoms with Gasteiger partial charge in [0, 0.05) is 30.6 Å². The van der Waals surface area contributed by atoms with Crippen LogP contribution >= 0.6 is 0 Å². The molecule has 0 aliphatic rings. The van der Waals surface area contributed by atoms with Crippen molar-refractivity contribution in [1.82, 2.24) is 10.3 Å². The van der Waals surface area contributed by atoms with Crippen molar-refractivity contribution in [1.29, 1.82) is 0 Å². The Hall–Kier alpha value is -3.93. The molecule has 0 radical (unpaired) electrons. The molecule has 0 fully saturated rings. The summed E-state index contributed by atoms with van der Waals surface area (Å²) in [5, 5.41) is 5.38. The molecule has 0 unspecified atom stereocenters. The minimum absolute atomic E-state index is 0.202. The van der Waals surface area contributed by atoms with E-state index in [1.807, 2.05) is 49.4 Å². The third-order valence-electron chi connectivity index (χ3n) is 4.40. The van der Waals surface area contributed by atoms with Crippen LogP contribution < -0.4 is 15.4 Å². The van der Waals surface area contributed by atoms with Crippen molar-refractivity contribution in [3.63, 3.8) is 0 Å². The monoisotopic (exact) mass is 401 g/mol. The zero-order chi connectivity index (χ0) is 21.3. The smallest absolute Gasteiger partial charge is 0.251 e. The zero-order valence-corrected chi connectivity index (χ0v) is 16.9. The summed E-state index contributed by atoms with van der Waals surface area (Å²) in [6.07, 6.45) is 4.90. The maximum atomic E-state index is 12.3. The van der Waals surface area contributed by atoms with Crippen molar-refractivity contribution < 1.29 is 14.3 Å².